The number of amidine groups is 1. The van der Waals surface area contributed by atoms with Gasteiger partial charge < -0.3 is 5.73 Å². The lowest BCUT2D eigenvalue weighted by Crippen LogP contribution is -2.12. The Bertz CT molecular complexity index is 674. The van der Waals surface area contributed by atoms with E-state index < -0.39 is 4.92 Å². The van der Waals surface area contributed by atoms with Crippen molar-refractivity contribution in [3.63, 3.8) is 0 Å². The Balaban J connectivity index is 2.31. The van der Waals surface area contributed by atoms with Crippen molar-refractivity contribution in [1.82, 2.24) is 0 Å². The largest absolute Gasteiger partial charge is 0.384 e. The summed E-state index contributed by atoms with van der Waals surface area (Å²) in [4.78, 5) is 11.8. The smallest absolute Gasteiger partial charge is 0.269 e. The molecule has 0 saturated heterocycles. The van der Waals surface area contributed by atoms with E-state index in [9.17, 15) is 10.1 Å². The number of nitrogens with zero attached hydrogens (tertiary/aromatic N) is 1. The quantitative estimate of drug-likeness (QED) is 0.379. The Morgan fingerprint density at radius 3 is 2.45 bits per heavy atom. The second kappa shape index (κ2) is 6.06. The normalized spacial score (nSPS) is 10.2. The minimum absolute atomic E-state index is 0.0121. The van der Waals surface area contributed by atoms with Gasteiger partial charge >= 0.3 is 0 Å². The molecule has 5 nitrogen and oxygen atoms in total. The molecule has 0 aromatic heterocycles. The number of non-ortho nitro benzene ring substituents is 1. The van der Waals surface area contributed by atoms with Crippen molar-refractivity contribution in [3.05, 3.63) is 62.6 Å². The van der Waals surface area contributed by atoms with Gasteiger partial charge in [-0.25, -0.2) is 0 Å². The molecule has 102 valence electrons. The number of nitro benzene ring substituents is 1. The maximum Gasteiger partial charge on any atom is 0.269 e. The number of nitrogen functional groups attached to an aromatic ring is 1. The van der Waals surface area contributed by atoms with Crippen LogP contribution in [-0.4, -0.2) is 10.8 Å². The second-order valence-corrected chi connectivity index (χ2v) is 5.94. The van der Waals surface area contributed by atoms with Crippen molar-refractivity contribution in [2.75, 3.05) is 0 Å². The van der Waals surface area contributed by atoms with E-state index in [2.05, 4.69) is 15.9 Å². The molecule has 0 aliphatic heterocycles. The van der Waals surface area contributed by atoms with E-state index in [-0.39, 0.29) is 11.5 Å². The van der Waals surface area contributed by atoms with Gasteiger partial charge in [0.15, 0.2) is 0 Å². The van der Waals surface area contributed by atoms with Crippen LogP contribution in [0.4, 0.5) is 5.69 Å². The van der Waals surface area contributed by atoms with Crippen LogP contribution in [0.3, 0.4) is 0 Å². The van der Waals surface area contributed by atoms with Crippen molar-refractivity contribution in [3.8, 4) is 0 Å². The highest BCUT2D eigenvalue weighted by atomic mass is 79.9. The molecular weight excluding hydrogens is 342 g/mol. The molecule has 0 amide bonds. The van der Waals surface area contributed by atoms with Gasteiger partial charge in [-0.3, -0.25) is 15.5 Å². The summed E-state index contributed by atoms with van der Waals surface area (Å²) < 4.78 is 0.881. The van der Waals surface area contributed by atoms with Gasteiger partial charge in [0.25, 0.3) is 5.69 Å². The van der Waals surface area contributed by atoms with Crippen LogP contribution in [0.5, 0.6) is 0 Å². The third-order valence-electron chi connectivity index (χ3n) is 2.51. The Hall–Kier alpha value is -1.86. The fourth-order valence-corrected chi connectivity index (χ4v) is 3.08. The molecule has 0 fully saturated rings. The summed E-state index contributed by atoms with van der Waals surface area (Å²) in [6.45, 7) is 0. The Morgan fingerprint density at radius 2 is 1.90 bits per heavy atom. The first-order valence-electron chi connectivity index (χ1n) is 5.53. The average Bonchev–Trinajstić information content (AvgIpc) is 2.39. The first kappa shape index (κ1) is 14.5. The van der Waals surface area contributed by atoms with Crippen molar-refractivity contribution >= 4 is 39.2 Å². The van der Waals surface area contributed by atoms with Crippen LogP contribution < -0.4 is 5.73 Å². The molecule has 2 aromatic carbocycles. The van der Waals surface area contributed by atoms with Crippen molar-refractivity contribution < 1.29 is 4.92 Å². The number of hydrogen-bond donors (Lipinski definition) is 2. The molecule has 0 saturated carbocycles. The SMILES string of the molecule is N=C(N)c1ccc(Br)cc1Sc1ccc([N+](=O)[O-])cc1. The van der Waals surface area contributed by atoms with Gasteiger partial charge in [-0.15, -0.1) is 0 Å². The molecule has 7 heteroatoms. The number of nitrogens with one attached hydrogen (secondary N) is 1. The van der Waals surface area contributed by atoms with E-state index in [1.54, 1.807) is 18.2 Å². The van der Waals surface area contributed by atoms with Crippen LogP contribution in [0.2, 0.25) is 0 Å². The van der Waals surface area contributed by atoms with Crippen LogP contribution in [0.1, 0.15) is 5.56 Å². The summed E-state index contributed by atoms with van der Waals surface area (Å²) >= 11 is 4.78. The lowest BCUT2D eigenvalue weighted by Gasteiger charge is -2.08. The van der Waals surface area contributed by atoms with E-state index in [0.717, 1.165) is 14.3 Å². The molecular formula is C13H10BrN3O2S. The fraction of sp³-hybridized carbons (Fsp3) is 0. The molecule has 0 spiro atoms. The minimum atomic E-state index is -0.436. The summed E-state index contributed by atoms with van der Waals surface area (Å²) in [5.41, 5.74) is 6.23. The van der Waals surface area contributed by atoms with Crippen LogP contribution >= 0.6 is 27.7 Å². The first-order valence-corrected chi connectivity index (χ1v) is 7.14. The maximum absolute atomic E-state index is 10.6. The van der Waals surface area contributed by atoms with Crippen molar-refractivity contribution in [1.29, 1.82) is 5.41 Å². The Kier molecular flexibility index (Phi) is 4.41. The van der Waals surface area contributed by atoms with Crippen molar-refractivity contribution in [2.24, 2.45) is 5.73 Å². The monoisotopic (exact) mass is 351 g/mol. The molecule has 0 atom stereocenters. The summed E-state index contributed by atoms with van der Waals surface area (Å²) in [5.74, 6) is -0.0121. The van der Waals surface area contributed by atoms with Crippen LogP contribution in [0.25, 0.3) is 0 Å². The summed E-state index contributed by atoms with van der Waals surface area (Å²) in [5, 5.41) is 18.2. The summed E-state index contributed by atoms with van der Waals surface area (Å²) in [6.07, 6.45) is 0. The highest BCUT2D eigenvalue weighted by molar-refractivity contribution is 9.10. The third kappa shape index (κ3) is 3.37. The molecule has 0 radical (unpaired) electrons. The van der Waals surface area contributed by atoms with Gasteiger partial charge in [0.2, 0.25) is 0 Å². The molecule has 0 aliphatic carbocycles. The molecule has 0 aliphatic rings. The van der Waals surface area contributed by atoms with E-state index >= 15 is 0 Å². The lowest BCUT2D eigenvalue weighted by molar-refractivity contribution is -0.384. The summed E-state index contributed by atoms with van der Waals surface area (Å²) in [7, 11) is 0. The predicted molar refractivity (Wildman–Crippen MR) is 82.4 cm³/mol. The number of nitrogens with two attached hydrogens (primary N) is 1. The molecule has 2 rings (SSSR count). The lowest BCUT2D eigenvalue weighted by atomic mass is 10.2. The topological polar surface area (TPSA) is 93.0 Å². The van der Waals surface area contributed by atoms with Gasteiger partial charge in [-0.2, -0.15) is 0 Å². The number of nitro groups is 1. The summed E-state index contributed by atoms with van der Waals surface area (Å²) in [6, 6.07) is 11.7. The average molecular weight is 352 g/mol. The van der Waals surface area contributed by atoms with Crippen LogP contribution in [-0.2, 0) is 0 Å². The van der Waals surface area contributed by atoms with Gasteiger partial charge in [0, 0.05) is 32.0 Å². The minimum Gasteiger partial charge on any atom is -0.384 e. The number of rotatable bonds is 4. The zero-order valence-corrected chi connectivity index (χ0v) is 12.6. The number of halogens is 1. The van der Waals surface area contributed by atoms with E-state index in [0.29, 0.717) is 5.56 Å². The number of benzene rings is 2. The maximum atomic E-state index is 10.6. The first-order chi connectivity index (χ1) is 9.47. The predicted octanol–water partition coefficient (Wildman–Crippen LogP) is 3.79. The fourth-order valence-electron chi connectivity index (χ4n) is 1.57. The van der Waals surface area contributed by atoms with Gasteiger partial charge in [0.1, 0.15) is 5.84 Å². The Morgan fingerprint density at radius 1 is 1.25 bits per heavy atom. The van der Waals surface area contributed by atoms with Gasteiger partial charge in [-0.05, 0) is 30.3 Å². The van der Waals surface area contributed by atoms with E-state index in [1.807, 2.05) is 12.1 Å². The van der Waals surface area contributed by atoms with E-state index in [1.165, 1.54) is 23.9 Å². The van der Waals surface area contributed by atoms with Gasteiger partial charge in [0.05, 0.1) is 4.92 Å². The van der Waals surface area contributed by atoms with Crippen LogP contribution in [0, 0.1) is 15.5 Å². The molecule has 0 heterocycles. The molecule has 3 N–H and O–H groups in total. The van der Waals surface area contributed by atoms with Gasteiger partial charge in [-0.1, -0.05) is 27.7 Å². The number of hydrogen-bond acceptors (Lipinski definition) is 4. The third-order valence-corrected chi connectivity index (χ3v) is 4.07. The highest BCUT2D eigenvalue weighted by Crippen LogP contribution is 2.33. The molecule has 20 heavy (non-hydrogen) atoms. The molecule has 2 aromatic rings. The zero-order chi connectivity index (χ0) is 14.7. The molecule has 0 unspecified atom stereocenters. The Labute approximate surface area is 128 Å². The van der Waals surface area contributed by atoms with E-state index in [4.69, 9.17) is 11.1 Å². The zero-order valence-electron chi connectivity index (χ0n) is 10.2. The van der Waals surface area contributed by atoms with Crippen LogP contribution in [0.15, 0.2) is 56.7 Å². The molecule has 0 bridgehead atoms. The standard InChI is InChI=1S/C13H10BrN3O2S/c14-8-1-6-11(13(15)16)12(7-8)20-10-4-2-9(3-5-10)17(18)19/h1-7H,(H3,15,16). The van der Waals surface area contributed by atoms with Crippen molar-refractivity contribution in [2.45, 2.75) is 9.79 Å². The highest BCUT2D eigenvalue weighted by Gasteiger charge is 2.09. The second-order valence-electron chi connectivity index (χ2n) is 3.91.